The number of hydrogen-bond acceptors (Lipinski definition) is 1. The van der Waals surface area contributed by atoms with Crippen molar-refractivity contribution in [1.29, 1.82) is 0 Å². The van der Waals surface area contributed by atoms with E-state index in [0.29, 0.717) is 22.5 Å². The number of rotatable bonds is 7. The van der Waals surface area contributed by atoms with Crippen molar-refractivity contribution >= 4 is 5.78 Å². The molecule has 0 radical (unpaired) electrons. The lowest BCUT2D eigenvalue weighted by Gasteiger charge is -2.62. The first kappa shape index (κ1) is 24.5. The van der Waals surface area contributed by atoms with Gasteiger partial charge in [0.05, 0.1) is 0 Å². The molecule has 1 nitrogen and oxygen atoms in total. The van der Waals surface area contributed by atoms with E-state index >= 15 is 0 Å². The van der Waals surface area contributed by atoms with E-state index in [1.54, 1.807) is 0 Å². The van der Waals surface area contributed by atoms with E-state index in [-0.39, 0.29) is 5.92 Å². The van der Waals surface area contributed by atoms with Crippen LogP contribution in [0.25, 0.3) is 0 Å². The molecular weight excluding hydrogens is 388 g/mol. The first-order valence-electron chi connectivity index (χ1n) is 14.2. The van der Waals surface area contributed by atoms with Gasteiger partial charge in [0, 0.05) is 12.3 Å². The molecule has 0 heterocycles. The molecule has 0 amide bonds. The predicted octanol–water partition coefficient (Wildman–Crippen LogP) is 8.87. The van der Waals surface area contributed by atoms with E-state index < -0.39 is 0 Å². The highest BCUT2D eigenvalue weighted by Gasteiger charge is 2.61. The fourth-order valence-electron chi connectivity index (χ4n) is 9.98. The molecule has 0 aromatic rings. The van der Waals surface area contributed by atoms with Gasteiger partial charge in [0.15, 0.2) is 0 Å². The predicted molar refractivity (Wildman–Crippen MR) is 136 cm³/mol. The zero-order valence-electron chi connectivity index (χ0n) is 22.2. The van der Waals surface area contributed by atoms with E-state index in [1.165, 1.54) is 63.4 Å². The number of carbonyl (C=O) groups is 1. The SMILES string of the molecule is C=C(C)CC1C(=O)CC[C@@]2(C)C1CC[C@H]1[C@@H]3CC[C@H]([C@H](C)CCCC(C)C)[C@@]3(C)CC[C@@H]12. The monoisotopic (exact) mass is 440 g/mol. The molecule has 9 atom stereocenters. The maximum atomic E-state index is 12.9. The number of carbonyl (C=O) groups excluding carboxylic acids is 1. The molecular formula is C31H52O. The quantitative estimate of drug-likeness (QED) is 0.361. The van der Waals surface area contributed by atoms with Gasteiger partial charge in [0.1, 0.15) is 5.78 Å². The Hall–Kier alpha value is -0.590. The molecule has 2 unspecified atom stereocenters. The van der Waals surface area contributed by atoms with Gasteiger partial charge >= 0.3 is 0 Å². The molecule has 4 aliphatic rings. The zero-order chi connectivity index (χ0) is 23.3. The third-order valence-corrected chi connectivity index (χ3v) is 11.5. The smallest absolute Gasteiger partial charge is 0.136 e. The van der Waals surface area contributed by atoms with Gasteiger partial charge in [-0.2, -0.15) is 0 Å². The average Bonchev–Trinajstić information content (AvgIpc) is 3.07. The number of fused-ring (bicyclic) bond motifs is 5. The van der Waals surface area contributed by atoms with Crippen molar-refractivity contribution in [3.63, 3.8) is 0 Å². The molecule has 182 valence electrons. The standard InChI is InChI=1S/C31H52O/c1-20(2)9-8-10-22(5)25-13-14-26-23-11-12-27-24(19-21(3)4)29(32)16-18-31(27,7)28(23)15-17-30(25,26)6/h20,22-28H,3,8-19H2,1-2,4-7H3/t22-,23+,24?,25-,26+,27?,28+,30-,31+/m1/s1. The van der Waals surface area contributed by atoms with Crippen LogP contribution in [-0.2, 0) is 4.79 Å². The van der Waals surface area contributed by atoms with Crippen molar-refractivity contribution in [2.45, 2.75) is 119 Å². The number of hydrogen-bond donors (Lipinski definition) is 0. The van der Waals surface area contributed by atoms with Crippen LogP contribution in [0.4, 0.5) is 0 Å². The Labute approximate surface area is 199 Å². The molecule has 0 aromatic carbocycles. The average molecular weight is 441 g/mol. The maximum absolute atomic E-state index is 12.9. The Balaban J connectivity index is 1.50. The van der Waals surface area contributed by atoms with E-state index in [1.807, 2.05) is 0 Å². The summed E-state index contributed by atoms with van der Waals surface area (Å²) < 4.78 is 0. The maximum Gasteiger partial charge on any atom is 0.136 e. The minimum atomic E-state index is 0.262. The molecule has 0 spiro atoms. The fourth-order valence-corrected chi connectivity index (χ4v) is 9.98. The largest absolute Gasteiger partial charge is 0.299 e. The lowest BCUT2D eigenvalue weighted by atomic mass is 9.43. The van der Waals surface area contributed by atoms with E-state index in [2.05, 4.69) is 48.1 Å². The summed E-state index contributed by atoms with van der Waals surface area (Å²) in [7, 11) is 0. The number of allylic oxidation sites excluding steroid dienone is 1. The van der Waals surface area contributed by atoms with E-state index in [9.17, 15) is 4.79 Å². The molecule has 1 heteroatoms. The fraction of sp³-hybridized carbons (Fsp3) is 0.903. The van der Waals surface area contributed by atoms with Crippen molar-refractivity contribution in [2.75, 3.05) is 0 Å². The van der Waals surface area contributed by atoms with E-state index in [0.717, 1.165) is 54.8 Å². The Morgan fingerprint density at radius 1 is 0.938 bits per heavy atom. The van der Waals surface area contributed by atoms with Crippen LogP contribution in [0.15, 0.2) is 12.2 Å². The summed E-state index contributed by atoms with van der Waals surface area (Å²) in [5.74, 6) is 6.80. The van der Waals surface area contributed by atoms with Crippen LogP contribution in [0, 0.1) is 58.2 Å². The Morgan fingerprint density at radius 2 is 1.62 bits per heavy atom. The Kier molecular flexibility index (Phi) is 7.07. The second-order valence-corrected chi connectivity index (χ2v) is 13.8. The zero-order valence-corrected chi connectivity index (χ0v) is 22.2. The van der Waals surface area contributed by atoms with Gasteiger partial charge in [-0.3, -0.25) is 4.79 Å². The number of Topliss-reactive ketones (excluding diaryl/α,β-unsaturated/α-hetero) is 1. The third-order valence-electron chi connectivity index (χ3n) is 11.5. The van der Waals surface area contributed by atoms with Crippen molar-refractivity contribution in [2.24, 2.45) is 58.2 Å². The van der Waals surface area contributed by atoms with Crippen LogP contribution in [0.5, 0.6) is 0 Å². The lowest BCUT2D eigenvalue weighted by Crippen LogP contribution is -2.56. The molecule has 0 aliphatic heterocycles. The summed E-state index contributed by atoms with van der Waals surface area (Å²) in [4.78, 5) is 12.9. The van der Waals surface area contributed by atoms with Crippen molar-refractivity contribution in [3.8, 4) is 0 Å². The topological polar surface area (TPSA) is 17.1 Å². The molecule has 4 fully saturated rings. The highest BCUT2D eigenvalue weighted by Crippen LogP contribution is 2.69. The summed E-state index contributed by atoms with van der Waals surface area (Å²) in [5, 5.41) is 0. The lowest BCUT2D eigenvalue weighted by molar-refractivity contribution is -0.152. The second kappa shape index (κ2) is 9.22. The summed E-state index contributed by atoms with van der Waals surface area (Å²) in [6, 6.07) is 0. The van der Waals surface area contributed by atoms with Gasteiger partial charge in [-0.25, -0.2) is 0 Å². The first-order valence-corrected chi connectivity index (χ1v) is 14.2. The third kappa shape index (κ3) is 4.17. The van der Waals surface area contributed by atoms with Gasteiger partial charge in [0.25, 0.3) is 0 Å². The van der Waals surface area contributed by atoms with Gasteiger partial charge in [-0.1, -0.05) is 59.5 Å². The van der Waals surface area contributed by atoms with Crippen LogP contribution in [-0.4, -0.2) is 5.78 Å². The van der Waals surface area contributed by atoms with Crippen molar-refractivity contribution in [3.05, 3.63) is 12.2 Å². The molecule has 4 rings (SSSR count). The highest BCUT2D eigenvalue weighted by molar-refractivity contribution is 5.82. The molecule has 0 bridgehead atoms. The van der Waals surface area contributed by atoms with Crippen LogP contribution in [0.2, 0.25) is 0 Å². The summed E-state index contributed by atoms with van der Waals surface area (Å²) in [6.45, 7) is 18.9. The number of ketones is 1. The van der Waals surface area contributed by atoms with Gasteiger partial charge in [-0.05, 0) is 111 Å². The van der Waals surface area contributed by atoms with Gasteiger partial charge in [0.2, 0.25) is 0 Å². The molecule has 32 heavy (non-hydrogen) atoms. The minimum Gasteiger partial charge on any atom is -0.299 e. The van der Waals surface area contributed by atoms with Gasteiger partial charge in [-0.15, -0.1) is 6.58 Å². The summed E-state index contributed by atoms with van der Waals surface area (Å²) >= 11 is 0. The van der Waals surface area contributed by atoms with Crippen LogP contribution >= 0.6 is 0 Å². The Bertz CT molecular complexity index is 705. The van der Waals surface area contributed by atoms with Crippen LogP contribution in [0.1, 0.15) is 119 Å². The molecule has 4 saturated carbocycles. The normalized spacial score (nSPS) is 44.7. The highest BCUT2D eigenvalue weighted by atomic mass is 16.1. The minimum absolute atomic E-state index is 0.262. The van der Waals surface area contributed by atoms with Crippen molar-refractivity contribution < 1.29 is 4.79 Å². The Morgan fingerprint density at radius 3 is 2.31 bits per heavy atom. The summed E-state index contributed by atoms with van der Waals surface area (Å²) in [5.41, 5.74) is 2.17. The van der Waals surface area contributed by atoms with Crippen molar-refractivity contribution in [1.82, 2.24) is 0 Å². The van der Waals surface area contributed by atoms with Gasteiger partial charge < -0.3 is 0 Å². The first-order chi connectivity index (χ1) is 15.1. The van der Waals surface area contributed by atoms with Crippen LogP contribution in [0.3, 0.4) is 0 Å². The molecule has 0 saturated heterocycles. The molecule has 0 aromatic heterocycles. The van der Waals surface area contributed by atoms with Crippen LogP contribution < -0.4 is 0 Å². The molecule has 0 N–H and O–H groups in total. The molecule has 4 aliphatic carbocycles. The van der Waals surface area contributed by atoms with E-state index in [4.69, 9.17) is 0 Å². The second-order valence-electron chi connectivity index (χ2n) is 13.8. The summed E-state index contributed by atoms with van der Waals surface area (Å²) in [6.07, 6.45) is 15.7.